The number of carbonyl (C=O) groups excluding carboxylic acids is 1. The molecule has 0 spiro atoms. The van der Waals surface area contributed by atoms with Gasteiger partial charge in [-0.25, -0.2) is 13.8 Å². The number of aliphatic hydroxyl groups excluding tert-OH is 1. The molecule has 4 aromatic rings. The van der Waals surface area contributed by atoms with E-state index in [0.29, 0.717) is 48.5 Å². The van der Waals surface area contributed by atoms with Gasteiger partial charge in [-0.3, -0.25) is 9.78 Å². The van der Waals surface area contributed by atoms with Crippen LogP contribution in [0.1, 0.15) is 23.7 Å². The SMILES string of the molecule is CCOc1cc(N)ncc1C(=O)Nc1cc(F)c(Oc2ccnc3cc(OCCCNCCO)c(OC)cc23)cc1F. The van der Waals surface area contributed by atoms with Crippen LogP contribution in [0.4, 0.5) is 20.3 Å². The van der Waals surface area contributed by atoms with Gasteiger partial charge in [0, 0.05) is 48.6 Å². The number of anilines is 2. The van der Waals surface area contributed by atoms with Crippen LogP contribution in [-0.2, 0) is 0 Å². The van der Waals surface area contributed by atoms with Crippen LogP contribution in [0, 0.1) is 11.6 Å². The van der Waals surface area contributed by atoms with Crippen molar-refractivity contribution in [2.75, 3.05) is 51.1 Å². The number of nitrogens with two attached hydrogens (primary N) is 1. The van der Waals surface area contributed by atoms with Crippen LogP contribution in [0.2, 0.25) is 0 Å². The van der Waals surface area contributed by atoms with Crippen LogP contribution in [0.15, 0.2) is 48.8 Å². The van der Waals surface area contributed by atoms with E-state index in [1.165, 1.54) is 31.6 Å². The minimum atomic E-state index is -0.929. The first kappa shape index (κ1) is 30.2. The van der Waals surface area contributed by atoms with Crippen LogP contribution < -0.4 is 35.3 Å². The van der Waals surface area contributed by atoms with Gasteiger partial charge in [-0.1, -0.05) is 0 Å². The fourth-order valence-electron chi connectivity index (χ4n) is 3.98. The lowest BCUT2D eigenvalue weighted by molar-refractivity contribution is 0.102. The van der Waals surface area contributed by atoms with Gasteiger partial charge in [0.2, 0.25) is 0 Å². The summed E-state index contributed by atoms with van der Waals surface area (Å²) in [5.74, 6) is -1.66. The molecule has 0 aliphatic carbocycles. The number of nitrogens with one attached hydrogen (secondary N) is 2. The third kappa shape index (κ3) is 7.30. The smallest absolute Gasteiger partial charge is 0.261 e. The summed E-state index contributed by atoms with van der Waals surface area (Å²) in [5, 5.41) is 14.7. The van der Waals surface area contributed by atoms with E-state index in [9.17, 15) is 4.79 Å². The first-order valence-electron chi connectivity index (χ1n) is 13.1. The van der Waals surface area contributed by atoms with Crippen molar-refractivity contribution in [2.45, 2.75) is 13.3 Å². The number of aromatic nitrogens is 2. The molecule has 0 unspecified atom stereocenters. The Morgan fingerprint density at radius 1 is 0.976 bits per heavy atom. The molecule has 0 fully saturated rings. The van der Waals surface area contributed by atoms with E-state index in [0.717, 1.165) is 12.1 Å². The van der Waals surface area contributed by atoms with Gasteiger partial charge in [0.1, 0.15) is 22.9 Å². The molecule has 5 N–H and O–H groups in total. The van der Waals surface area contributed by atoms with Crippen LogP contribution in [0.5, 0.6) is 28.7 Å². The zero-order valence-corrected chi connectivity index (χ0v) is 23.1. The predicted molar refractivity (Wildman–Crippen MR) is 153 cm³/mol. The molecule has 1 amide bonds. The van der Waals surface area contributed by atoms with Crippen LogP contribution in [-0.4, -0.2) is 61.0 Å². The topological polar surface area (TPSA) is 150 Å². The average Bonchev–Trinajstić information content (AvgIpc) is 2.97. The van der Waals surface area contributed by atoms with Gasteiger partial charge in [-0.2, -0.15) is 0 Å². The number of hydrogen-bond donors (Lipinski definition) is 4. The lowest BCUT2D eigenvalue weighted by Crippen LogP contribution is -2.20. The minimum absolute atomic E-state index is 0.00472. The molecular formula is C29H31F2N5O6. The van der Waals surface area contributed by atoms with E-state index >= 15 is 8.78 Å². The lowest BCUT2D eigenvalue weighted by atomic mass is 10.1. The Morgan fingerprint density at radius 3 is 2.57 bits per heavy atom. The summed E-state index contributed by atoms with van der Waals surface area (Å²) < 4.78 is 52.6. The number of nitrogens with zero attached hydrogens (tertiary/aromatic N) is 2. The van der Waals surface area contributed by atoms with Crippen molar-refractivity contribution in [3.8, 4) is 28.7 Å². The third-order valence-electron chi connectivity index (χ3n) is 5.95. The second-order valence-corrected chi connectivity index (χ2v) is 8.86. The Hall–Kier alpha value is -4.75. The standard InChI is InChI=1S/C29H31F2N5O6/c1-3-40-24-15-28(32)35-16-18(24)29(38)36-22-12-20(31)25(13-19(22)30)42-23-5-7-34-21-14-27(26(39-2)11-17(21)23)41-10-4-6-33-8-9-37/h5,7,11-16,33,37H,3-4,6,8-10H2,1-2H3,(H2,32,35)(H,36,38). The van der Waals surface area contributed by atoms with Gasteiger partial charge in [-0.05, 0) is 32.0 Å². The number of aliphatic hydroxyl groups is 1. The number of methoxy groups -OCH3 is 1. The molecule has 2 aromatic carbocycles. The van der Waals surface area contributed by atoms with Crippen molar-refractivity contribution in [1.82, 2.24) is 15.3 Å². The predicted octanol–water partition coefficient (Wildman–Crippen LogP) is 4.29. The summed E-state index contributed by atoms with van der Waals surface area (Å²) >= 11 is 0. The quantitative estimate of drug-likeness (QED) is 0.158. The number of nitrogen functional groups attached to an aromatic ring is 1. The van der Waals surface area contributed by atoms with Crippen LogP contribution in [0.25, 0.3) is 10.9 Å². The van der Waals surface area contributed by atoms with Crippen molar-refractivity contribution in [3.05, 3.63) is 66.0 Å². The Balaban J connectivity index is 1.53. The number of rotatable bonds is 14. The third-order valence-corrected chi connectivity index (χ3v) is 5.95. The molecule has 11 nitrogen and oxygen atoms in total. The molecule has 0 saturated heterocycles. The van der Waals surface area contributed by atoms with Crippen LogP contribution in [0.3, 0.4) is 0 Å². The Kier molecular flexibility index (Phi) is 10.2. The number of halogens is 2. The van der Waals surface area contributed by atoms with E-state index in [2.05, 4.69) is 20.6 Å². The van der Waals surface area contributed by atoms with Gasteiger partial charge in [-0.15, -0.1) is 0 Å². The zero-order valence-electron chi connectivity index (χ0n) is 23.1. The lowest BCUT2D eigenvalue weighted by Gasteiger charge is -2.15. The van der Waals surface area contributed by atoms with E-state index in [4.69, 9.17) is 29.8 Å². The van der Waals surface area contributed by atoms with Crippen molar-refractivity contribution < 1.29 is 37.6 Å². The van der Waals surface area contributed by atoms with Gasteiger partial charge in [0.25, 0.3) is 5.91 Å². The highest BCUT2D eigenvalue weighted by Gasteiger charge is 2.19. The summed E-state index contributed by atoms with van der Waals surface area (Å²) in [4.78, 5) is 21.0. The Morgan fingerprint density at radius 2 is 1.81 bits per heavy atom. The van der Waals surface area contributed by atoms with Crippen molar-refractivity contribution in [1.29, 1.82) is 0 Å². The molecule has 0 radical (unpaired) electrons. The average molecular weight is 584 g/mol. The zero-order chi connectivity index (χ0) is 30.1. The fraction of sp³-hybridized carbons (Fsp3) is 0.276. The number of benzene rings is 2. The highest BCUT2D eigenvalue weighted by Crippen LogP contribution is 2.38. The maximum atomic E-state index is 15.1. The molecule has 0 saturated carbocycles. The summed E-state index contributed by atoms with van der Waals surface area (Å²) in [7, 11) is 1.48. The van der Waals surface area contributed by atoms with E-state index < -0.39 is 29.0 Å². The second-order valence-electron chi connectivity index (χ2n) is 8.86. The number of amides is 1. The van der Waals surface area contributed by atoms with Crippen molar-refractivity contribution in [2.24, 2.45) is 0 Å². The molecule has 0 aliphatic rings. The summed E-state index contributed by atoms with van der Waals surface area (Å²) in [6.07, 6.45) is 3.35. The van der Waals surface area contributed by atoms with E-state index in [1.54, 1.807) is 19.1 Å². The molecule has 0 aliphatic heterocycles. The molecule has 0 bridgehead atoms. The van der Waals surface area contributed by atoms with Crippen molar-refractivity contribution >= 4 is 28.3 Å². The summed E-state index contributed by atoms with van der Waals surface area (Å²) in [6, 6.07) is 7.83. The van der Waals surface area contributed by atoms with Gasteiger partial charge >= 0.3 is 0 Å². The van der Waals surface area contributed by atoms with E-state index in [1.807, 2.05) is 0 Å². The highest BCUT2D eigenvalue weighted by atomic mass is 19.1. The Labute approximate surface area is 240 Å². The molecule has 2 aromatic heterocycles. The second kappa shape index (κ2) is 14.2. The fourth-order valence-corrected chi connectivity index (χ4v) is 3.98. The molecular weight excluding hydrogens is 552 g/mol. The number of fused-ring (bicyclic) bond motifs is 1. The minimum Gasteiger partial charge on any atom is -0.493 e. The van der Waals surface area contributed by atoms with Gasteiger partial charge < -0.3 is 40.4 Å². The Bertz CT molecular complexity index is 1560. The van der Waals surface area contributed by atoms with Gasteiger partial charge in [0.15, 0.2) is 28.9 Å². The molecule has 0 atom stereocenters. The number of carbonyl (C=O) groups is 1. The maximum absolute atomic E-state index is 15.1. The van der Waals surface area contributed by atoms with Crippen molar-refractivity contribution in [3.63, 3.8) is 0 Å². The highest BCUT2D eigenvalue weighted by molar-refractivity contribution is 6.06. The normalized spacial score (nSPS) is 10.9. The number of ether oxygens (including phenoxy) is 4. The molecule has 4 rings (SSSR count). The molecule has 2 heterocycles. The largest absolute Gasteiger partial charge is 0.493 e. The number of hydrogen-bond acceptors (Lipinski definition) is 10. The number of pyridine rings is 2. The van der Waals surface area contributed by atoms with E-state index in [-0.39, 0.29) is 36.1 Å². The first-order valence-corrected chi connectivity index (χ1v) is 13.1. The maximum Gasteiger partial charge on any atom is 0.261 e. The molecule has 13 heteroatoms. The summed E-state index contributed by atoms with van der Waals surface area (Å²) in [6.45, 7) is 3.61. The first-order chi connectivity index (χ1) is 20.3. The molecule has 222 valence electrons. The van der Waals surface area contributed by atoms with Gasteiger partial charge in [0.05, 0.1) is 38.1 Å². The monoisotopic (exact) mass is 583 g/mol. The molecule has 42 heavy (non-hydrogen) atoms. The summed E-state index contributed by atoms with van der Waals surface area (Å²) in [5.41, 5.74) is 5.74. The van der Waals surface area contributed by atoms with Crippen LogP contribution >= 0.6 is 0 Å².